The maximum Gasteiger partial charge on any atom is 0.273 e. The van der Waals surface area contributed by atoms with Crippen LogP contribution < -0.4 is 16.6 Å². The number of anilines is 1. The summed E-state index contributed by atoms with van der Waals surface area (Å²) in [7, 11) is 0. The Hall–Kier alpha value is -3.41. The number of benzene rings is 2. The lowest BCUT2D eigenvalue weighted by Crippen LogP contribution is -2.41. The molecule has 1 aromatic heterocycles. The Morgan fingerprint density at radius 2 is 1.52 bits per heavy atom. The Morgan fingerprint density at radius 3 is 2.30 bits per heavy atom. The normalized spacial score (nSPS) is 10.3. The first-order valence-corrected chi connectivity index (χ1v) is 6.96. The first-order chi connectivity index (χ1) is 11.2. The molecule has 3 rings (SSSR count). The van der Waals surface area contributed by atoms with Crippen LogP contribution in [0.2, 0.25) is 0 Å². The molecule has 0 atom stereocenters. The third-order valence-electron chi connectivity index (χ3n) is 3.39. The van der Waals surface area contributed by atoms with E-state index in [0.29, 0.717) is 22.2 Å². The number of nitrogens with zero attached hydrogens (tertiary/aromatic N) is 1. The van der Waals surface area contributed by atoms with E-state index in [1.165, 1.54) is 6.20 Å². The van der Waals surface area contributed by atoms with Gasteiger partial charge < -0.3 is 5.73 Å². The number of carbonyl (C=O) groups excluding carboxylic acids is 2. The Kier molecular flexibility index (Phi) is 3.88. The second kappa shape index (κ2) is 6.15. The van der Waals surface area contributed by atoms with Crippen molar-refractivity contribution in [1.29, 1.82) is 0 Å². The first-order valence-electron chi connectivity index (χ1n) is 6.96. The van der Waals surface area contributed by atoms with Crippen molar-refractivity contribution in [3.05, 3.63) is 71.9 Å². The molecule has 0 radical (unpaired) electrons. The van der Waals surface area contributed by atoms with E-state index in [0.717, 1.165) is 0 Å². The molecule has 1 heterocycles. The number of rotatable bonds is 2. The highest BCUT2D eigenvalue weighted by atomic mass is 16.2. The van der Waals surface area contributed by atoms with Crippen LogP contribution in [-0.2, 0) is 0 Å². The average molecular weight is 306 g/mol. The number of nitrogen functional groups attached to an aromatic ring is 1. The van der Waals surface area contributed by atoms with Gasteiger partial charge in [0.25, 0.3) is 11.8 Å². The van der Waals surface area contributed by atoms with Crippen molar-refractivity contribution in [3.63, 3.8) is 0 Å². The fourth-order valence-electron chi connectivity index (χ4n) is 2.19. The predicted molar refractivity (Wildman–Crippen MR) is 87.5 cm³/mol. The number of carbonyl (C=O) groups is 2. The summed E-state index contributed by atoms with van der Waals surface area (Å²) in [5, 5.41) is 0.689. The van der Waals surface area contributed by atoms with Gasteiger partial charge in [0, 0.05) is 17.1 Å². The molecule has 2 aromatic carbocycles. The Balaban J connectivity index is 1.76. The van der Waals surface area contributed by atoms with E-state index in [1.54, 1.807) is 36.4 Å². The Labute approximate surface area is 132 Å². The molecule has 3 aromatic rings. The second-order valence-corrected chi connectivity index (χ2v) is 4.88. The molecular weight excluding hydrogens is 292 g/mol. The maximum absolute atomic E-state index is 12.2. The number of hydrogen-bond donors (Lipinski definition) is 3. The summed E-state index contributed by atoms with van der Waals surface area (Å²) in [6, 6.07) is 15.8. The molecule has 0 aliphatic rings. The minimum absolute atomic E-state index is 0.206. The molecule has 6 nitrogen and oxygen atoms in total. The number of nitrogens with two attached hydrogens (primary N) is 1. The highest BCUT2D eigenvalue weighted by Crippen LogP contribution is 2.22. The summed E-state index contributed by atoms with van der Waals surface area (Å²) >= 11 is 0. The quantitative estimate of drug-likeness (QED) is 0.630. The number of hydrogen-bond acceptors (Lipinski definition) is 4. The molecule has 0 saturated heterocycles. The highest BCUT2D eigenvalue weighted by Gasteiger charge is 2.14. The molecule has 0 spiro atoms. The molecule has 23 heavy (non-hydrogen) atoms. The van der Waals surface area contributed by atoms with Crippen LogP contribution in [0, 0.1) is 0 Å². The van der Waals surface area contributed by atoms with Crippen LogP contribution in [0.5, 0.6) is 0 Å². The van der Waals surface area contributed by atoms with Crippen LogP contribution in [0.4, 0.5) is 5.69 Å². The van der Waals surface area contributed by atoms with Gasteiger partial charge in [0.2, 0.25) is 0 Å². The predicted octanol–water partition coefficient (Wildman–Crippen LogP) is 1.89. The molecule has 0 aliphatic carbocycles. The fourth-order valence-corrected chi connectivity index (χ4v) is 2.19. The second-order valence-electron chi connectivity index (χ2n) is 4.88. The lowest BCUT2D eigenvalue weighted by atomic mass is 10.1. The van der Waals surface area contributed by atoms with Gasteiger partial charge in [-0.15, -0.1) is 0 Å². The molecule has 4 N–H and O–H groups in total. The van der Waals surface area contributed by atoms with Crippen LogP contribution in [0.15, 0.2) is 60.8 Å². The van der Waals surface area contributed by atoms with Gasteiger partial charge in [0.15, 0.2) is 0 Å². The molecule has 0 aliphatic heterocycles. The lowest BCUT2D eigenvalue weighted by molar-refractivity contribution is 0.0847. The van der Waals surface area contributed by atoms with E-state index in [4.69, 9.17) is 5.73 Å². The van der Waals surface area contributed by atoms with Gasteiger partial charge in [-0.2, -0.15) is 0 Å². The summed E-state index contributed by atoms with van der Waals surface area (Å²) in [4.78, 5) is 28.3. The van der Waals surface area contributed by atoms with Crippen LogP contribution in [-0.4, -0.2) is 16.8 Å². The lowest BCUT2D eigenvalue weighted by Gasteiger charge is -2.10. The summed E-state index contributed by atoms with van der Waals surface area (Å²) in [5.74, 6) is -0.934. The Morgan fingerprint density at radius 1 is 0.870 bits per heavy atom. The van der Waals surface area contributed by atoms with Crippen molar-refractivity contribution >= 4 is 28.4 Å². The average Bonchev–Trinajstić information content (AvgIpc) is 2.60. The van der Waals surface area contributed by atoms with Crippen molar-refractivity contribution in [2.45, 2.75) is 0 Å². The van der Waals surface area contributed by atoms with E-state index in [9.17, 15) is 9.59 Å². The van der Waals surface area contributed by atoms with Gasteiger partial charge in [-0.05, 0) is 18.2 Å². The van der Waals surface area contributed by atoms with Crippen molar-refractivity contribution in [2.24, 2.45) is 0 Å². The van der Waals surface area contributed by atoms with Gasteiger partial charge in [-0.1, -0.05) is 36.4 Å². The number of aromatic nitrogens is 1. The van der Waals surface area contributed by atoms with Crippen LogP contribution in [0.1, 0.15) is 20.7 Å². The van der Waals surface area contributed by atoms with Crippen molar-refractivity contribution in [3.8, 4) is 0 Å². The standard InChI is InChI=1S/C17H14N4O2/c18-15-12-8-4-5-9-14(12)19-10-13(15)17(23)21-20-16(22)11-6-2-1-3-7-11/h1-10H,(H2,18,19)(H,20,22)(H,21,23). The van der Waals surface area contributed by atoms with Crippen molar-refractivity contribution < 1.29 is 9.59 Å². The molecular formula is C17H14N4O2. The van der Waals surface area contributed by atoms with Crippen LogP contribution in [0.25, 0.3) is 10.9 Å². The van der Waals surface area contributed by atoms with Crippen LogP contribution >= 0.6 is 0 Å². The van der Waals surface area contributed by atoms with Crippen molar-refractivity contribution in [1.82, 2.24) is 15.8 Å². The SMILES string of the molecule is Nc1c(C(=O)NNC(=O)c2ccccc2)cnc2ccccc12. The van der Waals surface area contributed by atoms with E-state index in [-0.39, 0.29) is 5.56 Å². The van der Waals surface area contributed by atoms with Gasteiger partial charge in [0.05, 0.1) is 16.8 Å². The number of hydrazine groups is 1. The number of pyridine rings is 1. The molecule has 2 amide bonds. The first kappa shape index (κ1) is 14.5. The number of fused-ring (bicyclic) bond motifs is 1. The molecule has 0 bridgehead atoms. The smallest absolute Gasteiger partial charge is 0.273 e. The van der Waals surface area contributed by atoms with Gasteiger partial charge in [-0.3, -0.25) is 25.4 Å². The monoisotopic (exact) mass is 306 g/mol. The molecule has 0 saturated carbocycles. The third kappa shape index (κ3) is 2.96. The van der Waals surface area contributed by atoms with Crippen molar-refractivity contribution in [2.75, 3.05) is 5.73 Å². The maximum atomic E-state index is 12.2. The fraction of sp³-hybridized carbons (Fsp3) is 0. The summed E-state index contributed by atoms with van der Waals surface area (Å²) in [6.07, 6.45) is 1.39. The summed E-state index contributed by atoms with van der Waals surface area (Å²) in [5.41, 5.74) is 12.4. The summed E-state index contributed by atoms with van der Waals surface area (Å²) < 4.78 is 0. The molecule has 0 fully saturated rings. The highest BCUT2D eigenvalue weighted by molar-refractivity contribution is 6.07. The number of amides is 2. The van der Waals surface area contributed by atoms with E-state index >= 15 is 0 Å². The van der Waals surface area contributed by atoms with E-state index < -0.39 is 11.8 Å². The topological polar surface area (TPSA) is 97.1 Å². The van der Waals surface area contributed by atoms with E-state index in [2.05, 4.69) is 15.8 Å². The molecule has 114 valence electrons. The Bertz CT molecular complexity index is 878. The molecule has 6 heteroatoms. The largest absolute Gasteiger partial charge is 0.397 e. The number of nitrogens with one attached hydrogen (secondary N) is 2. The zero-order valence-corrected chi connectivity index (χ0v) is 12.1. The minimum Gasteiger partial charge on any atom is -0.397 e. The zero-order valence-electron chi connectivity index (χ0n) is 12.1. The number of para-hydroxylation sites is 1. The minimum atomic E-state index is -0.523. The third-order valence-corrected chi connectivity index (χ3v) is 3.39. The van der Waals surface area contributed by atoms with Gasteiger partial charge in [0.1, 0.15) is 0 Å². The van der Waals surface area contributed by atoms with Crippen LogP contribution in [0.3, 0.4) is 0 Å². The van der Waals surface area contributed by atoms with Gasteiger partial charge in [-0.25, -0.2) is 0 Å². The summed E-state index contributed by atoms with van der Waals surface area (Å²) in [6.45, 7) is 0. The van der Waals surface area contributed by atoms with Gasteiger partial charge >= 0.3 is 0 Å². The molecule has 0 unspecified atom stereocenters. The zero-order chi connectivity index (χ0) is 16.2. The van der Waals surface area contributed by atoms with E-state index in [1.807, 2.05) is 18.2 Å².